The van der Waals surface area contributed by atoms with Gasteiger partial charge < -0.3 is 0 Å². The van der Waals surface area contributed by atoms with Crippen LogP contribution in [-0.2, 0) is 32.5 Å². The second kappa shape index (κ2) is 9.63. The van der Waals surface area contributed by atoms with Crippen molar-refractivity contribution in [2.24, 2.45) is 0 Å². The maximum Gasteiger partial charge on any atom is 0.255 e. The Morgan fingerprint density at radius 3 is 0.700 bits per heavy atom. The van der Waals surface area contributed by atoms with E-state index in [1.807, 2.05) is 0 Å². The van der Waals surface area contributed by atoms with E-state index in [4.69, 9.17) is 15.3 Å². The first kappa shape index (κ1) is 32.2. The standard InChI is InChI=1S/C33H57BN6/c1-28(2,3)22-19(23(36-35-22)29(4,5)6)34(20-24(30(7,8)9)37-38-25(20)31(10,11)12)21-26(32(13,14)15)39-40-27(21)33(16,17)18/h1-18H3,(H,35,36)(H,37,38)(H,39,40). The molecule has 3 heterocycles. The van der Waals surface area contributed by atoms with Crippen molar-refractivity contribution in [2.45, 2.75) is 157 Å². The number of H-pyrrole nitrogens is 3. The summed E-state index contributed by atoms with van der Waals surface area (Å²) >= 11 is 0. The molecule has 0 atom stereocenters. The van der Waals surface area contributed by atoms with Gasteiger partial charge in [-0.05, 0) is 16.4 Å². The second-order valence-electron chi connectivity index (χ2n) is 18.0. The lowest BCUT2D eigenvalue weighted by atomic mass is 9.32. The highest BCUT2D eigenvalue weighted by atomic mass is 15.2. The number of aromatic nitrogens is 6. The summed E-state index contributed by atoms with van der Waals surface area (Å²) in [6.45, 7) is 40.8. The Balaban J connectivity index is 2.76. The van der Waals surface area contributed by atoms with Crippen molar-refractivity contribution >= 4 is 23.1 Å². The summed E-state index contributed by atoms with van der Waals surface area (Å²) in [5.74, 6) is 0. The Kier molecular flexibility index (Phi) is 7.75. The summed E-state index contributed by atoms with van der Waals surface area (Å²) < 4.78 is 0. The van der Waals surface area contributed by atoms with Crippen molar-refractivity contribution in [1.82, 2.24) is 30.6 Å². The van der Waals surface area contributed by atoms with E-state index in [0.717, 1.165) is 17.1 Å². The Bertz CT molecular complexity index is 1080. The van der Waals surface area contributed by atoms with Crippen LogP contribution in [0.2, 0.25) is 0 Å². The van der Waals surface area contributed by atoms with E-state index in [1.165, 1.54) is 33.5 Å². The average molecular weight is 549 g/mol. The van der Waals surface area contributed by atoms with E-state index in [2.05, 4.69) is 140 Å². The van der Waals surface area contributed by atoms with Gasteiger partial charge in [0, 0.05) is 49.6 Å². The largest absolute Gasteiger partial charge is 0.282 e. The van der Waals surface area contributed by atoms with Crippen LogP contribution in [-0.4, -0.2) is 37.3 Å². The first-order valence-corrected chi connectivity index (χ1v) is 15.0. The van der Waals surface area contributed by atoms with Crippen LogP contribution in [0.4, 0.5) is 0 Å². The molecule has 0 fully saturated rings. The van der Waals surface area contributed by atoms with Crippen LogP contribution >= 0.6 is 0 Å². The molecule has 0 aromatic carbocycles. The van der Waals surface area contributed by atoms with Gasteiger partial charge >= 0.3 is 0 Å². The molecule has 0 unspecified atom stereocenters. The zero-order valence-electron chi connectivity index (χ0n) is 28.9. The summed E-state index contributed by atoms with van der Waals surface area (Å²) in [5, 5.41) is 25.9. The molecule has 222 valence electrons. The van der Waals surface area contributed by atoms with Gasteiger partial charge in [0.1, 0.15) is 0 Å². The summed E-state index contributed by atoms with van der Waals surface area (Å²) in [4.78, 5) is 0. The van der Waals surface area contributed by atoms with Crippen molar-refractivity contribution in [1.29, 1.82) is 0 Å². The van der Waals surface area contributed by atoms with E-state index in [9.17, 15) is 0 Å². The third-order valence-electron chi connectivity index (χ3n) is 7.66. The maximum atomic E-state index is 5.08. The molecule has 3 aromatic rings. The zero-order chi connectivity index (χ0) is 31.0. The maximum absolute atomic E-state index is 5.08. The van der Waals surface area contributed by atoms with Crippen LogP contribution in [0, 0.1) is 0 Å². The van der Waals surface area contributed by atoms with Crippen LogP contribution in [0.5, 0.6) is 0 Å². The van der Waals surface area contributed by atoms with Gasteiger partial charge in [0.2, 0.25) is 0 Å². The number of rotatable bonds is 3. The van der Waals surface area contributed by atoms with Crippen molar-refractivity contribution < 1.29 is 0 Å². The fourth-order valence-electron chi connectivity index (χ4n) is 5.76. The van der Waals surface area contributed by atoms with Crippen molar-refractivity contribution in [3.8, 4) is 0 Å². The number of hydrogen-bond acceptors (Lipinski definition) is 3. The van der Waals surface area contributed by atoms with Gasteiger partial charge in [0.05, 0.1) is 17.1 Å². The van der Waals surface area contributed by atoms with Crippen LogP contribution in [0.15, 0.2) is 0 Å². The fourth-order valence-corrected chi connectivity index (χ4v) is 5.76. The minimum atomic E-state index is -0.172. The van der Waals surface area contributed by atoms with E-state index in [-0.39, 0.29) is 39.2 Å². The van der Waals surface area contributed by atoms with Crippen LogP contribution < -0.4 is 16.4 Å². The number of nitrogens with one attached hydrogen (secondary N) is 3. The summed E-state index contributed by atoms with van der Waals surface area (Å²) in [6, 6.07) is 0. The van der Waals surface area contributed by atoms with Gasteiger partial charge in [-0.15, -0.1) is 0 Å². The van der Waals surface area contributed by atoms with Crippen LogP contribution in [0.25, 0.3) is 0 Å². The molecule has 6 nitrogen and oxygen atoms in total. The number of aromatic amines is 3. The molecule has 0 spiro atoms. The quantitative estimate of drug-likeness (QED) is 0.343. The van der Waals surface area contributed by atoms with Gasteiger partial charge in [0.25, 0.3) is 6.71 Å². The molecule has 3 N–H and O–H groups in total. The first-order chi connectivity index (χ1) is 17.7. The topological polar surface area (TPSA) is 86.0 Å². The molecule has 0 aliphatic rings. The normalized spacial score (nSPS) is 14.2. The highest BCUT2D eigenvalue weighted by molar-refractivity contribution is 6.97. The smallest absolute Gasteiger partial charge is 0.255 e. The molecule has 0 aliphatic carbocycles. The summed E-state index contributed by atoms with van der Waals surface area (Å²) in [5.41, 5.74) is 9.63. The van der Waals surface area contributed by atoms with E-state index < -0.39 is 0 Å². The van der Waals surface area contributed by atoms with Gasteiger partial charge in [-0.25, -0.2) is 0 Å². The number of nitrogens with zero attached hydrogens (tertiary/aromatic N) is 3. The minimum Gasteiger partial charge on any atom is -0.282 e. The van der Waals surface area contributed by atoms with E-state index >= 15 is 0 Å². The molecule has 3 rings (SSSR count). The highest BCUT2D eigenvalue weighted by Gasteiger charge is 2.47. The first-order valence-electron chi connectivity index (χ1n) is 15.0. The van der Waals surface area contributed by atoms with Gasteiger partial charge in [-0.2, -0.15) is 15.3 Å². The second-order valence-corrected chi connectivity index (χ2v) is 18.0. The SMILES string of the molecule is CC(C)(C)c1n[nH]c(C(C)(C)C)c1B(c1c(C(C)(C)C)n[nH]c1C(C)(C)C)c1c(C(C)(C)C)n[nH]c1C(C)(C)C. The van der Waals surface area contributed by atoms with Crippen molar-refractivity contribution in [2.75, 3.05) is 0 Å². The van der Waals surface area contributed by atoms with Gasteiger partial charge in [0.15, 0.2) is 0 Å². The van der Waals surface area contributed by atoms with Gasteiger partial charge in [-0.3, -0.25) is 15.3 Å². The molecule has 0 saturated heterocycles. The van der Waals surface area contributed by atoms with E-state index in [0.29, 0.717) is 0 Å². The lowest BCUT2D eigenvalue weighted by Crippen LogP contribution is -2.61. The molecule has 0 saturated carbocycles. The van der Waals surface area contributed by atoms with Gasteiger partial charge in [-0.1, -0.05) is 125 Å². The lowest BCUT2D eigenvalue weighted by Gasteiger charge is -2.33. The third-order valence-corrected chi connectivity index (χ3v) is 7.66. The molecule has 0 aliphatic heterocycles. The lowest BCUT2D eigenvalue weighted by molar-refractivity contribution is 0.563. The number of hydrogen-bond donors (Lipinski definition) is 3. The predicted molar refractivity (Wildman–Crippen MR) is 173 cm³/mol. The molecule has 7 heteroatoms. The van der Waals surface area contributed by atoms with Crippen molar-refractivity contribution in [3.05, 3.63) is 34.2 Å². The summed E-state index contributed by atoms with van der Waals surface area (Å²) in [6.07, 6.45) is 0. The average Bonchev–Trinajstić information content (AvgIpc) is 3.42. The minimum absolute atomic E-state index is 0.119. The summed E-state index contributed by atoms with van der Waals surface area (Å²) in [7, 11) is 0. The van der Waals surface area contributed by atoms with Crippen LogP contribution in [0.3, 0.4) is 0 Å². The zero-order valence-corrected chi connectivity index (χ0v) is 28.9. The fraction of sp³-hybridized carbons (Fsp3) is 0.727. The Labute approximate surface area is 244 Å². The monoisotopic (exact) mass is 548 g/mol. The molecule has 0 amide bonds. The molecule has 40 heavy (non-hydrogen) atoms. The van der Waals surface area contributed by atoms with Crippen molar-refractivity contribution in [3.63, 3.8) is 0 Å². The third kappa shape index (κ3) is 5.99. The molecular weight excluding hydrogens is 491 g/mol. The Morgan fingerprint density at radius 1 is 0.350 bits per heavy atom. The Hall–Kier alpha value is -2.31. The van der Waals surface area contributed by atoms with Crippen LogP contribution in [0.1, 0.15) is 159 Å². The molecule has 0 radical (unpaired) electrons. The van der Waals surface area contributed by atoms with E-state index in [1.54, 1.807) is 0 Å². The Morgan fingerprint density at radius 2 is 0.550 bits per heavy atom. The predicted octanol–water partition coefficient (Wildman–Crippen LogP) is 6.16. The molecular formula is C33H57BN6. The molecule has 3 aromatic heterocycles. The highest BCUT2D eigenvalue weighted by Crippen LogP contribution is 2.32. The molecule has 0 bridgehead atoms.